The summed E-state index contributed by atoms with van der Waals surface area (Å²) >= 11 is 0. The molecule has 0 aliphatic rings. The topological polar surface area (TPSA) is 229 Å². The summed E-state index contributed by atoms with van der Waals surface area (Å²) in [6, 6.07) is 1.74. The molecule has 1 aromatic rings. The van der Waals surface area contributed by atoms with Crippen molar-refractivity contribution in [3.63, 3.8) is 0 Å². The lowest BCUT2D eigenvalue weighted by Gasteiger charge is -2.11. The van der Waals surface area contributed by atoms with Gasteiger partial charge in [0.25, 0.3) is 0 Å². The molecule has 0 unspecified atom stereocenters. The molecular formula is C14H26N3O11P3. The highest BCUT2D eigenvalue weighted by Crippen LogP contribution is 2.64. The van der Waals surface area contributed by atoms with Crippen LogP contribution in [0.15, 0.2) is 40.4 Å². The average Bonchev–Trinajstić information content (AvgIpc) is 2.50. The number of nitrogens with one attached hydrogen (secondary N) is 2. The second-order valence-electron chi connectivity index (χ2n) is 6.15. The van der Waals surface area contributed by atoms with Crippen LogP contribution in [-0.2, 0) is 22.3 Å². The molecule has 17 heteroatoms. The Morgan fingerprint density at radius 3 is 2.06 bits per heavy atom. The van der Waals surface area contributed by atoms with Gasteiger partial charge in [-0.15, -0.1) is 0 Å². The van der Waals surface area contributed by atoms with Crippen LogP contribution in [0.4, 0.5) is 5.82 Å². The maximum absolute atomic E-state index is 11.0. The lowest BCUT2D eigenvalue weighted by Crippen LogP contribution is -2.12. The van der Waals surface area contributed by atoms with Crippen molar-refractivity contribution in [1.29, 1.82) is 0 Å². The van der Waals surface area contributed by atoms with E-state index in [9.17, 15) is 18.5 Å². The Morgan fingerprint density at radius 2 is 1.61 bits per heavy atom. The number of aromatic amines is 1. The van der Waals surface area contributed by atoms with Crippen molar-refractivity contribution in [2.45, 2.75) is 33.6 Å². The lowest BCUT2D eigenvalue weighted by molar-refractivity contribution is 0.204. The molecule has 0 atom stereocenters. The first-order valence-electron chi connectivity index (χ1n) is 8.44. The first kappa shape index (κ1) is 29.6. The first-order chi connectivity index (χ1) is 14.0. The van der Waals surface area contributed by atoms with E-state index in [0.29, 0.717) is 12.4 Å². The number of phosphoric acid groups is 3. The Kier molecular flexibility index (Phi) is 12.6. The van der Waals surface area contributed by atoms with Gasteiger partial charge in [0, 0.05) is 12.7 Å². The van der Waals surface area contributed by atoms with Crippen LogP contribution < -0.4 is 11.0 Å². The van der Waals surface area contributed by atoms with E-state index in [0.717, 1.165) is 12.8 Å². The standard InChI is InChI=1S/C14H21N3O.H5O10P3/c1-11(2)5-4-6-12(3)7-9-15-13-8-10-16-14(18)17-13;1-11(2,3)9-13(7,8)10-12(4,5)6/h5,7-8,10H,4,6,9H2,1-3H3,(H2,15,16,17,18);(H,7,8)(H2,1,2,3)(H2,4,5,6)/b12-7+;. The van der Waals surface area contributed by atoms with Gasteiger partial charge in [-0.3, -0.25) is 4.98 Å². The Hall–Kier alpha value is -1.43. The van der Waals surface area contributed by atoms with Gasteiger partial charge in [0.2, 0.25) is 0 Å². The largest absolute Gasteiger partial charge is 0.490 e. The molecule has 0 amide bonds. The van der Waals surface area contributed by atoms with Crippen molar-refractivity contribution in [2.24, 2.45) is 0 Å². The Labute approximate surface area is 178 Å². The molecule has 178 valence electrons. The third-order valence-electron chi connectivity index (χ3n) is 2.93. The molecule has 7 N–H and O–H groups in total. The Balaban J connectivity index is 0.000000615. The summed E-state index contributed by atoms with van der Waals surface area (Å²) in [4.78, 5) is 57.4. The van der Waals surface area contributed by atoms with E-state index in [1.807, 2.05) is 0 Å². The number of aromatic nitrogens is 2. The van der Waals surface area contributed by atoms with E-state index in [1.165, 1.54) is 17.3 Å². The molecule has 0 aliphatic carbocycles. The average molecular weight is 505 g/mol. The molecule has 31 heavy (non-hydrogen) atoms. The molecular weight excluding hydrogens is 479 g/mol. The molecule has 0 aliphatic heterocycles. The van der Waals surface area contributed by atoms with Gasteiger partial charge in [0.15, 0.2) is 0 Å². The monoisotopic (exact) mass is 505 g/mol. The van der Waals surface area contributed by atoms with E-state index in [1.54, 1.807) is 6.07 Å². The maximum Gasteiger partial charge on any atom is 0.490 e. The summed E-state index contributed by atoms with van der Waals surface area (Å²) in [5, 5.41) is 3.13. The molecule has 0 spiro atoms. The number of H-pyrrole nitrogens is 1. The minimum Gasteiger partial charge on any atom is -0.368 e. The summed E-state index contributed by atoms with van der Waals surface area (Å²) in [5.74, 6) is 0.698. The van der Waals surface area contributed by atoms with Gasteiger partial charge in [-0.05, 0) is 39.7 Å². The van der Waals surface area contributed by atoms with Crippen LogP contribution in [0.5, 0.6) is 0 Å². The summed E-state index contributed by atoms with van der Waals surface area (Å²) < 4.78 is 36.4. The molecule has 1 rings (SSSR count). The summed E-state index contributed by atoms with van der Waals surface area (Å²) in [5.41, 5.74) is 2.37. The van der Waals surface area contributed by atoms with Gasteiger partial charge >= 0.3 is 29.2 Å². The SMILES string of the molecule is CC(C)=CCC/C(C)=C/CNc1ccnc(=O)[nH]1.O=P(O)(O)OP(=O)(O)OP(=O)(O)O. The first-order valence-corrected chi connectivity index (χ1v) is 13.0. The van der Waals surface area contributed by atoms with Gasteiger partial charge < -0.3 is 29.8 Å². The fraction of sp³-hybridized carbons (Fsp3) is 0.429. The summed E-state index contributed by atoms with van der Waals surface area (Å²) in [6.45, 7) is 7.05. The number of nitrogens with zero attached hydrogens (tertiary/aromatic N) is 1. The highest BCUT2D eigenvalue weighted by atomic mass is 31.3. The molecule has 14 nitrogen and oxygen atoms in total. The fourth-order valence-corrected chi connectivity index (χ4v) is 4.32. The van der Waals surface area contributed by atoms with Gasteiger partial charge in [-0.25, -0.2) is 23.5 Å². The Morgan fingerprint density at radius 1 is 1.06 bits per heavy atom. The van der Waals surface area contributed by atoms with Gasteiger partial charge in [-0.2, -0.15) is 8.62 Å². The Bertz CT molecular complexity index is 931. The summed E-state index contributed by atoms with van der Waals surface area (Å²) in [6.07, 6.45) is 8.02. The molecule has 0 saturated heterocycles. The predicted octanol–water partition coefficient (Wildman–Crippen LogP) is 2.18. The minimum absolute atomic E-state index is 0.329. The second kappa shape index (κ2) is 13.2. The van der Waals surface area contributed by atoms with E-state index in [2.05, 4.69) is 56.8 Å². The molecule has 0 fully saturated rings. The van der Waals surface area contributed by atoms with E-state index in [-0.39, 0.29) is 5.69 Å². The second-order valence-corrected chi connectivity index (χ2v) is 10.4. The summed E-state index contributed by atoms with van der Waals surface area (Å²) in [7, 11) is -16.2. The third-order valence-corrected chi connectivity index (χ3v) is 6.28. The van der Waals surface area contributed by atoms with E-state index < -0.39 is 23.5 Å². The van der Waals surface area contributed by atoms with Gasteiger partial charge in [0.05, 0.1) is 0 Å². The zero-order valence-corrected chi connectivity index (χ0v) is 19.6. The van der Waals surface area contributed by atoms with Crippen LogP contribution in [-0.4, -0.2) is 41.0 Å². The number of hydrogen-bond donors (Lipinski definition) is 7. The number of hydrogen-bond acceptors (Lipinski definition) is 8. The molecule has 0 saturated carbocycles. The molecule has 1 heterocycles. The van der Waals surface area contributed by atoms with Crippen molar-refractivity contribution in [3.8, 4) is 0 Å². The lowest BCUT2D eigenvalue weighted by atomic mass is 10.1. The van der Waals surface area contributed by atoms with Crippen molar-refractivity contribution in [3.05, 3.63) is 46.0 Å². The maximum atomic E-state index is 11.0. The molecule has 0 aromatic carbocycles. The molecule has 0 bridgehead atoms. The van der Waals surface area contributed by atoms with Crippen LogP contribution >= 0.6 is 23.5 Å². The number of rotatable bonds is 10. The molecule has 0 radical (unpaired) electrons. The number of anilines is 1. The van der Waals surface area contributed by atoms with Crippen molar-refractivity contribution >= 4 is 29.3 Å². The van der Waals surface area contributed by atoms with Crippen LogP contribution in [0, 0.1) is 0 Å². The van der Waals surface area contributed by atoms with E-state index in [4.69, 9.17) is 24.5 Å². The van der Waals surface area contributed by atoms with Crippen molar-refractivity contribution < 1.29 is 46.8 Å². The zero-order chi connectivity index (χ0) is 24.3. The number of allylic oxidation sites excluding steroid dienone is 3. The quantitative estimate of drug-likeness (QED) is 0.179. The van der Waals surface area contributed by atoms with E-state index >= 15 is 0 Å². The highest BCUT2D eigenvalue weighted by molar-refractivity contribution is 7.66. The molecule has 1 aromatic heterocycles. The highest BCUT2D eigenvalue weighted by Gasteiger charge is 2.38. The minimum atomic E-state index is -5.46. The van der Waals surface area contributed by atoms with Crippen LogP contribution in [0.1, 0.15) is 33.6 Å². The third kappa shape index (κ3) is 19.0. The van der Waals surface area contributed by atoms with Gasteiger partial charge in [0.1, 0.15) is 5.82 Å². The van der Waals surface area contributed by atoms with Crippen LogP contribution in [0.2, 0.25) is 0 Å². The fourth-order valence-electron chi connectivity index (χ4n) is 1.78. The zero-order valence-electron chi connectivity index (χ0n) is 16.9. The smallest absolute Gasteiger partial charge is 0.368 e. The predicted molar refractivity (Wildman–Crippen MR) is 112 cm³/mol. The van der Waals surface area contributed by atoms with Gasteiger partial charge in [-0.1, -0.05) is 23.3 Å². The van der Waals surface area contributed by atoms with Crippen molar-refractivity contribution in [1.82, 2.24) is 9.97 Å². The van der Waals surface area contributed by atoms with Crippen LogP contribution in [0.3, 0.4) is 0 Å². The van der Waals surface area contributed by atoms with Crippen molar-refractivity contribution in [2.75, 3.05) is 11.9 Å². The van der Waals surface area contributed by atoms with Crippen LogP contribution in [0.25, 0.3) is 0 Å². The normalized spacial score (nSPS) is 12.6.